The molecule has 10 heteroatoms. The SMILES string of the molecule is Cc1ccccc1-c1nc2scc(CCNC(=O)C(=O)Nc3ccc4c(c3)OCO4)n2n1. The van der Waals surface area contributed by atoms with E-state index in [9.17, 15) is 9.59 Å². The summed E-state index contributed by atoms with van der Waals surface area (Å²) in [4.78, 5) is 29.8. The fourth-order valence-electron chi connectivity index (χ4n) is 3.38. The predicted molar refractivity (Wildman–Crippen MR) is 119 cm³/mol. The van der Waals surface area contributed by atoms with Gasteiger partial charge in [0.05, 0.1) is 5.69 Å². The summed E-state index contributed by atoms with van der Waals surface area (Å²) in [7, 11) is 0. The number of carbonyl (C=O) groups excluding carboxylic acids is 2. The number of aryl methyl sites for hydroxylation is 1. The van der Waals surface area contributed by atoms with Crippen molar-refractivity contribution in [3.05, 3.63) is 59.1 Å². The molecule has 4 aromatic rings. The number of amides is 2. The molecule has 5 rings (SSSR count). The molecule has 0 aliphatic carbocycles. The molecule has 1 aliphatic rings. The number of thiazole rings is 1. The van der Waals surface area contributed by atoms with Gasteiger partial charge in [-0.25, -0.2) is 4.52 Å². The summed E-state index contributed by atoms with van der Waals surface area (Å²) in [5.41, 5.74) is 3.46. The second kappa shape index (κ2) is 8.31. The van der Waals surface area contributed by atoms with E-state index in [1.807, 2.05) is 36.6 Å². The van der Waals surface area contributed by atoms with Crippen LogP contribution in [0.5, 0.6) is 11.5 Å². The monoisotopic (exact) mass is 449 g/mol. The summed E-state index contributed by atoms with van der Waals surface area (Å²) < 4.78 is 12.3. The van der Waals surface area contributed by atoms with Gasteiger partial charge in [0.25, 0.3) is 0 Å². The Bertz CT molecular complexity index is 1330. The fourth-order valence-corrected chi connectivity index (χ4v) is 4.24. The second-order valence-electron chi connectivity index (χ2n) is 7.20. The first-order valence-electron chi connectivity index (χ1n) is 9.96. The van der Waals surface area contributed by atoms with Crippen LogP contribution in [-0.2, 0) is 16.0 Å². The van der Waals surface area contributed by atoms with Crippen LogP contribution in [0.15, 0.2) is 47.8 Å². The van der Waals surface area contributed by atoms with Gasteiger partial charge in [-0.2, -0.15) is 4.98 Å². The summed E-state index contributed by atoms with van der Waals surface area (Å²) in [6.07, 6.45) is 0.514. The van der Waals surface area contributed by atoms with Crippen LogP contribution in [0, 0.1) is 6.92 Å². The lowest BCUT2D eigenvalue weighted by Crippen LogP contribution is -2.36. The van der Waals surface area contributed by atoms with Gasteiger partial charge in [0.15, 0.2) is 17.3 Å². The smallest absolute Gasteiger partial charge is 0.313 e. The molecule has 0 spiro atoms. The van der Waals surface area contributed by atoms with Crippen LogP contribution in [0.3, 0.4) is 0 Å². The normalized spacial score (nSPS) is 12.2. The van der Waals surface area contributed by atoms with Crippen molar-refractivity contribution in [1.82, 2.24) is 19.9 Å². The van der Waals surface area contributed by atoms with E-state index in [4.69, 9.17) is 9.47 Å². The highest BCUT2D eigenvalue weighted by Crippen LogP contribution is 2.34. The topological polar surface area (TPSA) is 107 Å². The first-order valence-corrected chi connectivity index (χ1v) is 10.8. The summed E-state index contributed by atoms with van der Waals surface area (Å²) in [5, 5.41) is 11.8. The van der Waals surface area contributed by atoms with Crippen molar-refractivity contribution >= 4 is 33.8 Å². The van der Waals surface area contributed by atoms with Crippen molar-refractivity contribution in [2.45, 2.75) is 13.3 Å². The van der Waals surface area contributed by atoms with Crippen LogP contribution >= 0.6 is 11.3 Å². The maximum Gasteiger partial charge on any atom is 0.313 e. The number of hydrogen-bond acceptors (Lipinski definition) is 7. The van der Waals surface area contributed by atoms with Gasteiger partial charge in [-0.05, 0) is 24.6 Å². The zero-order valence-electron chi connectivity index (χ0n) is 17.1. The molecule has 0 atom stereocenters. The molecule has 0 saturated heterocycles. The van der Waals surface area contributed by atoms with E-state index in [1.54, 1.807) is 22.7 Å². The molecule has 0 radical (unpaired) electrons. The lowest BCUT2D eigenvalue weighted by molar-refractivity contribution is -0.136. The first-order chi connectivity index (χ1) is 15.6. The molecule has 32 heavy (non-hydrogen) atoms. The molecule has 9 nitrogen and oxygen atoms in total. The predicted octanol–water partition coefficient (Wildman–Crippen LogP) is 2.79. The third kappa shape index (κ3) is 3.87. The lowest BCUT2D eigenvalue weighted by Gasteiger charge is -2.07. The van der Waals surface area contributed by atoms with E-state index in [2.05, 4.69) is 20.7 Å². The van der Waals surface area contributed by atoms with E-state index in [0.717, 1.165) is 21.8 Å². The number of carbonyl (C=O) groups is 2. The highest BCUT2D eigenvalue weighted by Gasteiger charge is 2.18. The molecule has 1 aliphatic heterocycles. The quantitative estimate of drug-likeness (QED) is 0.454. The summed E-state index contributed by atoms with van der Waals surface area (Å²) in [6, 6.07) is 12.9. The molecular formula is C22H19N5O4S. The number of benzene rings is 2. The van der Waals surface area contributed by atoms with Gasteiger partial charge in [-0.3, -0.25) is 9.59 Å². The van der Waals surface area contributed by atoms with Crippen LogP contribution in [0.2, 0.25) is 0 Å². The molecule has 0 fully saturated rings. The Morgan fingerprint density at radius 1 is 1.12 bits per heavy atom. The summed E-state index contributed by atoms with van der Waals surface area (Å²) >= 11 is 1.49. The minimum atomic E-state index is -0.748. The van der Waals surface area contributed by atoms with E-state index in [1.165, 1.54) is 11.3 Å². The maximum absolute atomic E-state index is 12.2. The van der Waals surface area contributed by atoms with E-state index >= 15 is 0 Å². The highest BCUT2D eigenvalue weighted by atomic mass is 32.1. The third-order valence-corrected chi connectivity index (χ3v) is 5.90. The zero-order valence-corrected chi connectivity index (χ0v) is 17.9. The van der Waals surface area contributed by atoms with Crippen molar-refractivity contribution < 1.29 is 19.1 Å². The van der Waals surface area contributed by atoms with Gasteiger partial charge < -0.3 is 20.1 Å². The minimum Gasteiger partial charge on any atom is -0.454 e. The fraction of sp³-hybridized carbons (Fsp3) is 0.182. The number of rotatable bonds is 5. The average molecular weight is 449 g/mol. The number of fused-ring (bicyclic) bond motifs is 2. The molecule has 0 bridgehead atoms. The van der Waals surface area contributed by atoms with Crippen molar-refractivity contribution in [3.63, 3.8) is 0 Å². The number of nitrogens with zero attached hydrogens (tertiary/aromatic N) is 3. The Balaban J connectivity index is 1.19. The van der Waals surface area contributed by atoms with Crippen molar-refractivity contribution in [2.75, 3.05) is 18.7 Å². The molecule has 162 valence electrons. The van der Waals surface area contributed by atoms with Crippen molar-refractivity contribution in [2.24, 2.45) is 0 Å². The maximum atomic E-state index is 12.2. The summed E-state index contributed by atoms with van der Waals surface area (Å²) in [5.74, 6) is 0.342. The molecule has 2 N–H and O–H groups in total. The second-order valence-corrected chi connectivity index (χ2v) is 8.04. The summed E-state index contributed by atoms with van der Waals surface area (Å²) in [6.45, 7) is 2.45. The molecular weight excluding hydrogens is 430 g/mol. The number of hydrogen-bond donors (Lipinski definition) is 2. The van der Waals surface area contributed by atoms with E-state index in [0.29, 0.717) is 36.0 Å². The highest BCUT2D eigenvalue weighted by molar-refractivity contribution is 7.15. The van der Waals surface area contributed by atoms with Crippen LogP contribution < -0.4 is 20.1 Å². The molecule has 2 aromatic carbocycles. The molecule has 2 amide bonds. The van der Waals surface area contributed by atoms with Crippen LogP contribution in [0.1, 0.15) is 11.3 Å². The van der Waals surface area contributed by atoms with Gasteiger partial charge >= 0.3 is 11.8 Å². The van der Waals surface area contributed by atoms with Crippen molar-refractivity contribution in [1.29, 1.82) is 0 Å². The molecule has 3 heterocycles. The lowest BCUT2D eigenvalue weighted by atomic mass is 10.1. The number of nitrogens with one attached hydrogen (secondary N) is 2. The molecule has 2 aromatic heterocycles. The average Bonchev–Trinajstić information content (AvgIpc) is 3.50. The number of aromatic nitrogens is 3. The molecule has 0 unspecified atom stereocenters. The first kappa shape index (κ1) is 20.0. The van der Waals surface area contributed by atoms with Crippen LogP contribution in [-0.4, -0.2) is 39.8 Å². The number of ether oxygens (including phenoxy) is 2. The van der Waals surface area contributed by atoms with Gasteiger partial charge in [0.1, 0.15) is 0 Å². The van der Waals surface area contributed by atoms with Crippen molar-refractivity contribution in [3.8, 4) is 22.9 Å². The zero-order chi connectivity index (χ0) is 22.1. The van der Waals surface area contributed by atoms with E-state index < -0.39 is 11.8 Å². The van der Waals surface area contributed by atoms with Gasteiger partial charge in [-0.1, -0.05) is 24.3 Å². The Labute approximate surface area is 187 Å². The van der Waals surface area contributed by atoms with Gasteiger partial charge in [0, 0.05) is 35.7 Å². The minimum absolute atomic E-state index is 0.140. The Hall–Kier alpha value is -3.92. The van der Waals surface area contributed by atoms with Gasteiger partial charge in [0.2, 0.25) is 11.8 Å². The largest absolute Gasteiger partial charge is 0.454 e. The molecule has 0 saturated carbocycles. The Morgan fingerprint density at radius 3 is 2.84 bits per heavy atom. The number of anilines is 1. The Morgan fingerprint density at radius 2 is 1.97 bits per heavy atom. The van der Waals surface area contributed by atoms with Crippen LogP contribution in [0.25, 0.3) is 16.3 Å². The van der Waals surface area contributed by atoms with E-state index in [-0.39, 0.29) is 6.79 Å². The van der Waals surface area contributed by atoms with Crippen LogP contribution in [0.4, 0.5) is 5.69 Å². The standard InChI is InChI=1S/C22H19N5O4S/c1-13-4-2-3-5-16(13)19-25-22-27(26-19)15(11-32-22)8-9-23-20(28)21(29)24-14-6-7-17-18(10-14)31-12-30-17/h2-7,10-11H,8-9,12H2,1H3,(H,23,28)(H,24,29). The van der Waals surface area contributed by atoms with Gasteiger partial charge in [-0.15, -0.1) is 16.4 Å². The third-order valence-electron chi connectivity index (χ3n) is 5.04. The Kier molecular flexibility index (Phi) is 5.20.